The zero-order valence-corrected chi connectivity index (χ0v) is 15.0. The number of benzene rings is 2. The van der Waals surface area contributed by atoms with Crippen LogP contribution in [0, 0.1) is 10.5 Å². The van der Waals surface area contributed by atoms with Crippen LogP contribution in [0.25, 0.3) is 0 Å². The average molecular weight is 395 g/mol. The van der Waals surface area contributed by atoms with Crippen molar-refractivity contribution in [1.29, 1.82) is 0 Å². The normalized spacial score (nSPS) is 12.2. The predicted octanol–water partition coefficient (Wildman–Crippen LogP) is 4.85. The van der Waals surface area contributed by atoms with Gasteiger partial charge in [0.1, 0.15) is 12.4 Å². The van der Waals surface area contributed by atoms with Crippen LogP contribution in [0.3, 0.4) is 0 Å². The Morgan fingerprint density at radius 1 is 1.14 bits per heavy atom. The van der Waals surface area contributed by atoms with E-state index in [1.54, 1.807) is 0 Å². The minimum atomic E-state index is 0.294. The lowest BCUT2D eigenvalue weighted by Gasteiger charge is -2.18. The van der Waals surface area contributed by atoms with Crippen molar-refractivity contribution in [2.45, 2.75) is 33.4 Å². The van der Waals surface area contributed by atoms with Crippen molar-refractivity contribution in [3.05, 3.63) is 62.7 Å². The Labute approximate surface area is 141 Å². The third-order valence-electron chi connectivity index (χ3n) is 3.45. The molecule has 2 nitrogen and oxygen atoms in total. The van der Waals surface area contributed by atoms with E-state index in [4.69, 9.17) is 4.74 Å². The molecule has 112 valence electrons. The van der Waals surface area contributed by atoms with E-state index in [-0.39, 0.29) is 0 Å². The van der Waals surface area contributed by atoms with Crippen LogP contribution in [-0.4, -0.2) is 6.54 Å². The molecule has 2 rings (SSSR count). The minimum Gasteiger partial charge on any atom is -0.489 e. The molecule has 0 saturated heterocycles. The number of hydrogen-bond acceptors (Lipinski definition) is 2. The molecule has 0 heterocycles. The summed E-state index contributed by atoms with van der Waals surface area (Å²) in [5.74, 6) is 0.974. The van der Waals surface area contributed by atoms with Gasteiger partial charge >= 0.3 is 0 Å². The van der Waals surface area contributed by atoms with E-state index in [2.05, 4.69) is 91.1 Å². The van der Waals surface area contributed by atoms with Crippen LogP contribution in [0.2, 0.25) is 0 Å². The van der Waals surface area contributed by atoms with Gasteiger partial charge in [0, 0.05) is 15.2 Å². The monoisotopic (exact) mass is 395 g/mol. The predicted molar refractivity (Wildman–Crippen MR) is 96.8 cm³/mol. The molecule has 0 aliphatic heterocycles. The van der Waals surface area contributed by atoms with E-state index < -0.39 is 0 Å². The van der Waals surface area contributed by atoms with Crippen LogP contribution in [0.1, 0.15) is 36.6 Å². The van der Waals surface area contributed by atoms with Gasteiger partial charge in [-0.3, -0.25) is 0 Å². The molecule has 0 saturated carbocycles. The molecule has 0 aromatic heterocycles. The van der Waals surface area contributed by atoms with E-state index in [1.807, 2.05) is 0 Å². The average Bonchev–Trinajstić information content (AvgIpc) is 2.47. The zero-order chi connectivity index (χ0) is 15.2. The Balaban J connectivity index is 2.14. The van der Waals surface area contributed by atoms with Crippen molar-refractivity contribution in [2.75, 3.05) is 6.54 Å². The maximum Gasteiger partial charge on any atom is 0.124 e. The van der Waals surface area contributed by atoms with Crippen molar-refractivity contribution in [3.63, 3.8) is 0 Å². The lowest BCUT2D eigenvalue weighted by atomic mass is 10.0. The summed E-state index contributed by atoms with van der Waals surface area (Å²) in [7, 11) is 0. The molecule has 0 radical (unpaired) electrons. The first kappa shape index (κ1) is 16.3. The van der Waals surface area contributed by atoms with E-state index in [0.717, 1.165) is 12.3 Å². The second-order valence-electron chi connectivity index (χ2n) is 5.24. The van der Waals surface area contributed by atoms with Gasteiger partial charge in [-0.25, -0.2) is 0 Å². The molecule has 1 atom stereocenters. The standard InChI is InChI=1S/C18H22INO/c1-4-20-14(3)17-10-5-13(2)11-18(17)21-12-15-6-8-16(19)9-7-15/h5-11,14,20H,4,12H2,1-3H3. The number of ether oxygens (including phenoxy) is 1. The van der Waals surface area contributed by atoms with E-state index in [1.165, 1.54) is 20.3 Å². The van der Waals surface area contributed by atoms with Gasteiger partial charge in [-0.15, -0.1) is 0 Å². The van der Waals surface area contributed by atoms with Gasteiger partial charge < -0.3 is 10.1 Å². The molecule has 0 amide bonds. The van der Waals surface area contributed by atoms with Crippen molar-refractivity contribution in [2.24, 2.45) is 0 Å². The summed E-state index contributed by atoms with van der Waals surface area (Å²) in [4.78, 5) is 0. The first-order valence-electron chi connectivity index (χ1n) is 7.31. The maximum atomic E-state index is 6.07. The highest BCUT2D eigenvalue weighted by Gasteiger charge is 2.11. The fourth-order valence-electron chi connectivity index (χ4n) is 2.28. The molecule has 21 heavy (non-hydrogen) atoms. The number of rotatable bonds is 6. The van der Waals surface area contributed by atoms with Gasteiger partial charge in [-0.05, 0) is 72.3 Å². The highest BCUT2D eigenvalue weighted by molar-refractivity contribution is 14.1. The van der Waals surface area contributed by atoms with Crippen LogP contribution < -0.4 is 10.1 Å². The molecule has 1 N–H and O–H groups in total. The summed E-state index contributed by atoms with van der Waals surface area (Å²) < 4.78 is 7.31. The SMILES string of the molecule is CCNC(C)c1ccc(C)cc1OCc1ccc(I)cc1. The summed E-state index contributed by atoms with van der Waals surface area (Å²) in [6.45, 7) is 7.94. The molecule has 0 bridgehead atoms. The van der Waals surface area contributed by atoms with Gasteiger partial charge in [0.2, 0.25) is 0 Å². The largest absolute Gasteiger partial charge is 0.489 e. The third kappa shape index (κ3) is 4.71. The summed E-state index contributed by atoms with van der Waals surface area (Å²) in [6.07, 6.45) is 0. The third-order valence-corrected chi connectivity index (χ3v) is 4.17. The molecular formula is C18H22INO. The molecule has 1 unspecified atom stereocenters. The van der Waals surface area contributed by atoms with E-state index >= 15 is 0 Å². The van der Waals surface area contributed by atoms with Crippen LogP contribution >= 0.6 is 22.6 Å². The fourth-order valence-corrected chi connectivity index (χ4v) is 2.64. The van der Waals surface area contributed by atoms with Gasteiger partial charge in [0.05, 0.1) is 0 Å². The Hall–Kier alpha value is -1.07. The zero-order valence-electron chi connectivity index (χ0n) is 12.8. The molecule has 2 aromatic rings. The highest BCUT2D eigenvalue weighted by Crippen LogP contribution is 2.27. The number of nitrogens with one attached hydrogen (secondary N) is 1. The van der Waals surface area contributed by atoms with Crippen LogP contribution in [-0.2, 0) is 6.61 Å². The van der Waals surface area contributed by atoms with Gasteiger partial charge in [-0.2, -0.15) is 0 Å². The number of hydrogen-bond donors (Lipinski definition) is 1. The quantitative estimate of drug-likeness (QED) is 0.707. The van der Waals surface area contributed by atoms with Gasteiger partial charge in [0.25, 0.3) is 0 Å². The fraction of sp³-hybridized carbons (Fsp3) is 0.333. The van der Waals surface area contributed by atoms with E-state index in [0.29, 0.717) is 12.6 Å². The molecule has 2 aromatic carbocycles. The molecular weight excluding hydrogens is 373 g/mol. The Morgan fingerprint density at radius 3 is 2.52 bits per heavy atom. The van der Waals surface area contributed by atoms with Crippen molar-refractivity contribution in [1.82, 2.24) is 5.32 Å². The van der Waals surface area contributed by atoms with Crippen molar-refractivity contribution in [3.8, 4) is 5.75 Å². The second-order valence-corrected chi connectivity index (χ2v) is 6.48. The van der Waals surface area contributed by atoms with Gasteiger partial charge in [0.15, 0.2) is 0 Å². The smallest absolute Gasteiger partial charge is 0.124 e. The Kier molecular flexibility index (Phi) is 6.06. The highest BCUT2D eigenvalue weighted by atomic mass is 127. The Morgan fingerprint density at radius 2 is 1.86 bits per heavy atom. The lowest BCUT2D eigenvalue weighted by Crippen LogP contribution is -2.18. The van der Waals surface area contributed by atoms with Crippen LogP contribution in [0.4, 0.5) is 0 Å². The van der Waals surface area contributed by atoms with E-state index in [9.17, 15) is 0 Å². The molecule has 0 aliphatic carbocycles. The summed E-state index contributed by atoms with van der Waals surface area (Å²) >= 11 is 2.31. The van der Waals surface area contributed by atoms with Crippen LogP contribution in [0.5, 0.6) is 5.75 Å². The van der Waals surface area contributed by atoms with Crippen molar-refractivity contribution < 1.29 is 4.74 Å². The first-order chi connectivity index (χ1) is 10.1. The maximum absolute atomic E-state index is 6.07. The molecule has 0 aliphatic rings. The summed E-state index contributed by atoms with van der Waals surface area (Å²) in [5, 5.41) is 3.45. The van der Waals surface area contributed by atoms with Gasteiger partial charge in [-0.1, -0.05) is 31.2 Å². The number of aryl methyl sites for hydroxylation is 1. The van der Waals surface area contributed by atoms with Crippen LogP contribution in [0.15, 0.2) is 42.5 Å². The summed E-state index contributed by atoms with van der Waals surface area (Å²) in [6, 6.07) is 15.2. The summed E-state index contributed by atoms with van der Waals surface area (Å²) in [5.41, 5.74) is 3.63. The topological polar surface area (TPSA) is 21.3 Å². The van der Waals surface area contributed by atoms with Crippen molar-refractivity contribution >= 4 is 22.6 Å². The number of halogens is 1. The molecule has 0 fully saturated rings. The minimum absolute atomic E-state index is 0.294. The molecule has 0 spiro atoms. The molecule has 3 heteroatoms. The lowest BCUT2D eigenvalue weighted by molar-refractivity contribution is 0.299. The second kappa shape index (κ2) is 7.80. The first-order valence-corrected chi connectivity index (χ1v) is 8.39. The Bertz CT molecular complexity index is 580.